The summed E-state index contributed by atoms with van der Waals surface area (Å²) in [5, 5.41) is 0. The number of halogens is 2. The van der Waals surface area contributed by atoms with E-state index in [1.54, 1.807) is 18.6 Å². The summed E-state index contributed by atoms with van der Waals surface area (Å²) in [6, 6.07) is 11.6. The van der Waals surface area contributed by atoms with E-state index >= 15 is 0 Å². The first-order valence-corrected chi connectivity index (χ1v) is 6.07. The smallest absolute Gasteiger partial charge is 0.0866 e. The zero-order chi connectivity index (χ0) is 14.8. The average Bonchev–Trinajstić information content (AvgIpc) is 2.44. The third-order valence-corrected chi connectivity index (χ3v) is 1.38. The van der Waals surface area contributed by atoms with Crippen LogP contribution < -0.4 is 0 Å². The van der Waals surface area contributed by atoms with E-state index in [-0.39, 0.29) is 13.3 Å². The number of nitrogens with zero attached hydrogens (tertiary/aromatic N) is 2. The number of aromatic nitrogens is 2. The van der Waals surface area contributed by atoms with Crippen LogP contribution in [0, 0.1) is 6.92 Å². The average molecular weight is 268 g/mol. The second-order valence-electron chi connectivity index (χ2n) is 3.03. The van der Waals surface area contributed by atoms with Crippen LogP contribution in [0.3, 0.4) is 0 Å². The van der Waals surface area contributed by atoms with Gasteiger partial charge in [0.15, 0.2) is 0 Å². The van der Waals surface area contributed by atoms with Gasteiger partial charge in [-0.3, -0.25) is 18.7 Å². The molecule has 2 aromatic heterocycles. The fourth-order valence-corrected chi connectivity index (χ4v) is 0.761. The van der Waals surface area contributed by atoms with Crippen molar-refractivity contribution in [3.63, 3.8) is 0 Å². The number of rotatable bonds is 0. The second kappa shape index (κ2) is 18.5. The van der Waals surface area contributed by atoms with E-state index < -0.39 is 0 Å². The van der Waals surface area contributed by atoms with E-state index in [0.717, 1.165) is 5.69 Å². The van der Waals surface area contributed by atoms with Crippen LogP contribution in [-0.2, 0) is 0 Å². The largest absolute Gasteiger partial charge is 0.265 e. The molecule has 0 N–H and O–H groups in total. The Morgan fingerprint density at radius 1 is 0.842 bits per heavy atom. The third-order valence-electron chi connectivity index (χ3n) is 1.38. The molecule has 0 aliphatic carbocycles. The Kier molecular flexibility index (Phi) is 19.0. The highest BCUT2D eigenvalue weighted by Gasteiger charge is 1.73. The summed E-state index contributed by atoms with van der Waals surface area (Å²) in [6.07, 6.45) is 5.29. The van der Waals surface area contributed by atoms with E-state index in [9.17, 15) is 8.78 Å². The van der Waals surface area contributed by atoms with Crippen molar-refractivity contribution < 1.29 is 8.78 Å². The monoisotopic (exact) mass is 268 g/mol. The fraction of sp³-hybridized carbons (Fsp3) is 0.333. The lowest BCUT2D eigenvalue weighted by atomic mass is 10.4. The first-order valence-electron chi connectivity index (χ1n) is 6.07. The first kappa shape index (κ1) is 19.5. The van der Waals surface area contributed by atoms with Crippen molar-refractivity contribution in [2.45, 2.75) is 20.8 Å². The van der Waals surface area contributed by atoms with Crippen LogP contribution in [0.4, 0.5) is 8.78 Å². The lowest BCUT2D eigenvalue weighted by molar-refractivity contribution is 0.527. The molecule has 2 nitrogen and oxygen atoms in total. The molecule has 106 valence electrons. The molecule has 0 spiro atoms. The molecule has 0 atom stereocenters. The van der Waals surface area contributed by atoms with Crippen molar-refractivity contribution in [3.8, 4) is 0 Å². The van der Waals surface area contributed by atoms with Crippen LogP contribution in [-0.4, -0.2) is 23.3 Å². The highest BCUT2D eigenvalue weighted by molar-refractivity contribution is 4.99. The molecule has 4 heteroatoms. The Balaban J connectivity index is 0. The van der Waals surface area contributed by atoms with Crippen LogP contribution >= 0.6 is 0 Å². The van der Waals surface area contributed by atoms with Gasteiger partial charge in [-0.05, 0) is 45.0 Å². The predicted octanol–water partition coefficient (Wildman–Crippen LogP) is 4.42. The first-order chi connectivity index (χ1) is 9.22. The summed E-state index contributed by atoms with van der Waals surface area (Å²) in [5.41, 5.74) is 1.07. The van der Waals surface area contributed by atoms with Crippen molar-refractivity contribution >= 4 is 0 Å². The van der Waals surface area contributed by atoms with Crippen molar-refractivity contribution in [3.05, 3.63) is 60.7 Å². The van der Waals surface area contributed by atoms with Gasteiger partial charge in [-0.2, -0.15) is 0 Å². The number of hydrogen-bond acceptors (Lipinski definition) is 2. The summed E-state index contributed by atoms with van der Waals surface area (Å²) >= 11 is 0. The molecule has 0 saturated heterocycles. The molecule has 2 heterocycles. The molecule has 0 unspecified atom stereocenters. The summed E-state index contributed by atoms with van der Waals surface area (Å²) < 4.78 is 20.6. The van der Waals surface area contributed by atoms with Crippen LogP contribution in [0.2, 0.25) is 0 Å². The van der Waals surface area contributed by atoms with Crippen LogP contribution in [0.5, 0.6) is 0 Å². The maximum atomic E-state index is 10.3. The minimum absolute atomic E-state index is 0.250. The SMILES string of the molecule is CCF.CCF.Cc1ccccn1.c1ccncc1. The summed E-state index contributed by atoms with van der Waals surface area (Å²) in [7, 11) is 0. The maximum absolute atomic E-state index is 10.3. The van der Waals surface area contributed by atoms with Gasteiger partial charge in [0, 0.05) is 24.3 Å². The fourth-order valence-electron chi connectivity index (χ4n) is 0.761. The van der Waals surface area contributed by atoms with Gasteiger partial charge in [-0.25, -0.2) is 0 Å². The van der Waals surface area contributed by atoms with Crippen molar-refractivity contribution in [2.24, 2.45) is 0 Å². The van der Waals surface area contributed by atoms with Gasteiger partial charge >= 0.3 is 0 Å². The summed E-state index contributed by atoms with van der Waals surface area (Å²) in [5.74, 6) is 0. The summed E-state index contributed by atoms with van der Waals surface area (Å²) in [4.78, 5) is 7.76. The molecule has 0 bridgehead atoms. The highest BCUT2D eigenvalue weighted by Crippen LogP contribution is 1.86. The Hall–Kier alpha value is -1.84. The van der Waals surface area contributed by atoms with Gasteiger partial charge in [0.25, 0.3) is 0 Å². The van der Waals surface area contributed by atoms with E-state index in [2.05, 4.69) is 9.97 Å². The lowest BCUT2D eigenvalue weighted by Gasteiger charge is -1.82. The topological polar surface area (TPSA) is 25.8 Å². The molecular weight excluding hydrogens is 246 g/mol. The van der Waals surface area contributed by atoms with Gasteiger partial charge in [0.2, 0.25) is 0 Å². The molecule has 0 aromatic carbocycles. The molecule has 0 aliphatic heterocycles. The zero-order valence-electron chi connectivity index (χ0n) is 11.8. The molecule has 2 rings (SSSR count). The van der Waals surface area contributed by atoms with Crippen molar-refractivity contribution in [2.75, 3.05) is 13.3 Å². The number of aryl methyl sites for hydroxylation is 1. The number of pyridine rings is 2. The van der Waals surface area contributed by atoms with E-state index in [4.69, 9.17) is 0 Å². The predicted molar refractivity (Wildman–Crippen MR) is 76.5 cm³/mol. The Morgan fingerprint density at radius 2 is 1.32 bits per heavy atom. The standard InChI is InChI=1S/C6H7N.C5H5N.2C2H5F/c1-6-4-2-3-5-7-6;1-2-4-6-5-3-1;2*1-2-3/h2-5H,1H3;1-5H;2*2H2,1H3. The molecule has 0 aliphatic rings. The second-order valence-corrected chi connectivity index (χ2v) is 3.03. The van der Waals surface area contributed by atoms with Crippen molar-refractivity contribution in [1.29, 1.82) is 0 Å². The summed E-state index contributed by atoms with van der Waals surface area (Å²) in [6.45, 7) is 4.39. The van der Waals surface area contributed by atoms with Crippen LogP contribution in [0.1, 0.15) is 19.5 Å². The van der Waals surface area contributed by atoms with Crippen molar-refractivity contribution in [1.82, 2.24) is 9.97 Å². The van der Waals surface area contributed by atoms with E-state index in [0.29, 0.717) is 0 Å². The van der Waals surface area contributed by atoms with Crippen LogP contribution in [0.15, 0.2) is 55.0 Å². The third kappa shape index (κ3) is 21.9. The zero-order valence-corrected chi connectivity index (χ0v) is 11.8. The minimum atomic E-state index is -0.250. The molecule has 2 aromatic rings. The number of alkyl halides is 2. The normalized spacial score (nSPS) is 7.63. The molecule has 0 amide bonds. The van der Waals surface area contributed by atoms with Gasteiger partial charge in [-0.15, -0.1) is 0 Å². The van der Waals surface area contributed by atoms with Gasteiger partial charge in [0.1, 0.15) is 0 Å². The Morgan fingerprint density at radius 3 is 1.47 bits per heavy atom. The van der Waals surface area contributed by atoms with Gasteiger partial charge in [0.05, 0.1) is 13.3 Å². The highest BCUT2D eigenvalue weighted by atomic mass is 19.1. The van der Waals surface area contributed by atoms with E-state index in [1.165, 1.54) is 13.8 Å². The molecular formula is C15H22F2N2. The lowest BCUT2D eigenvalue weighted by Crippen LogP contribution is -1.72. The maximum Gasteiger partial charge on any atom is 0.0866 e. The molecule has 0 radical (unpaired) electrons. The number of hydrogen-bond donors (Lipinski definition) is 0. The van der Waals surface area contributed by atoms with E-state index in [1.807, 2.05) is 43.3 Å². The quantitative estimate of drug-likeness (QED) is 0.706. The van der Waals surface area contributed by atoms with Gasteiger partial charge in [-0.1, -0.05) is 12.1 Å². The Labute approximate surface area is 114 Å². The molecule has 19 heavy (non-hydrogen) atoms. The molecule has 0 fully saturated rings. The Bertz CT molecular complexity index is 313. The molecule has 0 saturated carbocycles. The van der Waals surface area contributed by atoms with Gasteiger partial charge < -0.3 is 0 Å². The van der Waals surface area contributed by atoms with Crippen LogP contribution in [0.25, 0.3) is 0 Å². The minimum Gasteiger partial charge on any atom is -0.265 e.